The summed E-state index contributed by atoms with van der Waals surface area (Å²) >= 11 is 0. The summed E-state index contributed by atoms with van der Waals surface area (Å²) in [5, 5.41) is 3.30. The number of hydrogen-bond donors (Lipinski definition) is 2. The molecule has 1 aromatic heterocycles. The molecule has 1 unspecified atom stereocenters. The van der Waals surface area contributed by atoms with Crippen LogP contribution in [0.25, 0.3) is 0 Å². The number of nitrogens with two attached hydrogens (primary N) is 1. The van der Waals surface area contributed by atoms with Crippen molar-refractivity contribution in [2.75, 3.05) is 29.9 Å². The van der Waals surface area contributed by atoms with E-state index in [1.54, 1.807) is 0 Å². The van der Waals surface area contributed by atoms with Crippen LogP contribution in [0.4, 0.5) is 11.5 Å². The molecule has 1 aromatic rings. The molecule has 1 aliphatic heterocycles. The van der Waals surface area contributed by atoms with Gasteiger partial charge >= 0.3 is 0 Å². The summed E-state index contributed by atoms with van der Waals surface area (Å²) < 4.78 is 0. The van der Waals surface area contributed by atoms with Crippen LogP contribution in [0.3, 0.4) is 0 Å². The van der Waals surface area contributed by atoms with Gasteiger partial charge in [0.25, 0.3) is 0 Å². The van der Waals surface area contributed by atoms with Crippen LogP contribution in [0.5, 0.6) is 0 Å². The predicted molar refractivity (Wildman–Crippen MR) is 67.8 cm³/mol. The van der Waals surface area contributed by atoms with E-state index >= 15 is 0 Å². The average Bonchev–Trinajstić information content (AvgIpc) is 2.83. The minimum Gasteiger partial charge on any atom is -0.380 e. The minimum absolute atomic E-state index is 0.291. The first kappa shape index (κ1) is 11.2. The normalized spacial score (nSPS) is 17.5. The number of hydrogen-bond acceptors (Lipinski definition) is 4. The molecule has 0 saturated carbocycles. The van der Waals surface area contributed by atoms with Crippen LogP contribution in [0, 0.1) is 0 Å². The van der Waals surface area contributed by atoms with Gasteiger partial charge in [-0.3, -0.25) is 0 Å². The van der Waals surface area contributed by atoms with Crippen LogP contribution >= 0.6 is 0 Å². The van der Waals surface area contributed by atoms with Gasteiger partial charge in [0.2, 0.25) is 0 Å². The van der Waals surface area contributed by atoms with Gasteiger partial charge in [0, 0.05) is 25.7 Å². The van der Waals surface area contributed by atoms with Crippen LogP contribution in [0.1, 0.15) is 19.8 Å². The molecule has 0 radical (unpaired) electrons. The Hall–Kier alpha value is -1.29. The molecule has 0 bridgehead atoms. The SMILES string of the molecule is CC(CN)Nc1ccc(N2CCCC2)nc1. The van der Waals surface area contributed by atoms with Crippen molar-refractivity contribution in [2.24, 2.45) is 5.73 Å². The van der Waals surface area contributed by atoms with E-state index in [1.807, 2.05) is 6.20 Å². The molecule has 3 N–H and O–H groups in total. The van der Waals surface area contributed by atoms with Crippen molar-refractivity contribution >= 4 is 11.5 Å². The maximum absolute atomic E-state index is 5.56. The van der Waals surface area contributed by atoms with Crippen LogP contribution < -0.4 is 16.0 Å². The van der Waals surface area contributed by atoms with Crippen LogP contribution in [-0.4, -0.2) is 30.7 Å². The molecule has 1 aliphatic rings. The first-order valence-electron chi connectivity index (χ1n) is 5.97. The molecule has 1 fully saturated rings. The smallest absolute Gasteiger partial charge is 0.128 e. The van der Waals surface area contributed by atoms with Crippen LogP contribution in [0.2, 0.25) is 0 Å². The van der Waals surface area contributed by atoms with Gasteiger partial charge < -0.3 is 16.0 Å². The maximum atomic E-state index is 5.56. The third kappa shape index (κ3) is 2.64. The summed E-state index contributed by atoms with van der Waals surface area (Å²) in [6.07, 6.45) is 4.46. The third-order valence-corrected chi connectivity index (χ3v) is 2.94. The molecule has 2 rings (SSSR count). The molecular formula is C12H20N4. The monoisotopic (exact) mass is 220 g/mol. The number of nitrogens with zero attached hydrogens (tertiary/aromatic N) is 2. The number of nitrogens with one attached hydrogen (secondary N) is 1. The highest BCUT2D eigenvalue weighted by Gasteiger charge is 2.12. The van der Waals surface area contributed by atoms with Crippen molar-refractivity contribution in [3.05, 3.63) is 18.3 Å². The molecule has 0 amide bonds. The fraction of sp³-hybridized carbons (Fsp3) is 0.583. The fourth-order valence-corrected chi connectivity index (χ4v) is 1.95. The number of aromatic nitrogens is 1. The van der Waals surface area contributed by atoms with Gasteiger partial charge in [-0.25, -0.2) is 4.98 Å². The quantitative estimate of drug-likeness (QED) is 0.806. The lowest BCUT2D eigenvalue weighted by Gasteiger charge is -2.17. The van der Waals surface area contributed by atoms with Crippen molar-refractivity contribution in [1.82, 2.24) is 4.98 Å². The van der Waals surface area contributed by atoms with E-state index in [9.17, 15) is 0 Å². The molecule has 1 atom stereocenters. The molecule has 16 heavy (non-hydrogen) atoms. The molecule has 4 heteroatoms. The molecule has 0 aliphatic carbocycles. The molecular weight excluding hydrogens is 200 g/mol. The lowest BCUT2D eigenvalue weighted by molar-refractivity contribution is 0.802. The van der Waals surface area contributed by atoms with E-state index in [4.69, 9.17) is 5.73 Å². The zero-order chi connectivity index (χ0) is 11.4. The first-order valence-corrected chi connectivity index (χ1v) is 5.97. The minimum atomic E-state index is 0.291. The first-order chi connectivity index (χ1) is 7.79. The molecule has 0 spiro atoms. The summed E-state index contributed by atoms with van der Waals surface area (Å²) in [4.78, 5) is 6.80. The Morgan fingerprint density at radius 3 is 2.75 bits per heavy atom. The van der Waals surface area contributed by atoms with Gasteiger partial charge in [-0.15, -0.1) is 0 Å². The molecule has 88 valence electrons. The van der Waals surface area contributed by atoms with Crippen LogP contribution in [-0.2, 0) is 0 Å². The third-order valence-electron chi connectivity index (χ3n) is 2.94. The van der Waals surface area contributed by atoms with Crippen molar-refractivity contribution in [2.45, 2.75) is 25.8 Å². The molecule has 2 heterocycles. The molecule has 0 aromatic carbocycles. The van der Waals surface area contributed by atoms with Gasteiger partial charge in [-0.1, -0.05) is 0 Å². The van der Waals surface area contributed by atoms with E-state index in [2.05, 4.69) is 34.3 Å². The lowest BCUT2D eigenvalue weighted by atomic mass is 10.3. The van der Waals surface area contributed by atoms with Crippen molar-refractivity contribution in [3.63, 3.8) is 0 Å². The summed E-state index contributed by atoms with van der Waals surface area (Å²) in [6.45, 7) is 4.97. The van der Waals surface area contributed by atoms with E-state index in [-0.39, 0.29) is 0 Å². The lowest BCUT2D eigenvalue weighted by Crippen LogP contribution is -2.25. The Morgan fingerprint density at radius 2 is 2.19 bits per heavy atom. The zero-order valence-electron chi connectivity index (χ0n) is 9.82. The Labute approximate surface area is 96.8 Å². The Morgan fingerprint density at radius 1 is 1.44 bits per heavy atom. The summed E-state index contributed by atoms with van der Waals surface area (Å²) in [7, 11) is 0. The van der Waals surface area contributed by atoms with Crippen molar-refractivity contribution in [3.8, 4) is 0 Å². The summed E-state index contributed by atoms with van der Waals surface area (Å²) in [5.41, 5.74) is 6.60. The topological polar surface area (TPSA) is 54.2 Å². The molecule has 4 nitrogen and oxygen atoms in total. The number of pyridine rings is 1. The second-order valence-corrected chi connectivity index (χ2v) is 4.38. The van der Waals surface area contributed by atoms with E-state index in [1.165, 1.54) is 12.8 Å². The van der Waals surface area contributed by atoms with E-state index in [0.717, 1.165) is 24.6 Å². The second-order valence-electron chi connectivity index (χ2n) is 4.38. The van der Waals surface area contributed by atoms with E-state index in [0.29, 0.717) is 12.6 Å². The average molecular weight is 220 g/mol. The Balaban J connectivity index is 1.98. The molecule has 1 saturated heterocycles. The van der Waals surface area contributed by atoms with E-state index < -0.39 is 0 Å². The fourth-order valence-electron chi connectivity index (χ4n) is 1.95. The van der Waals surface area contributed by atoms with Crippen molar-refractivity contribution in [1.29, 1.82) is 0 Å². The van der Waals surface area contributed by atoms with Gasteiger partial charge in [0.15, 0.2) is 0 Å². The number of rotatable bonds is 4. The summed E-state index contributed by atoms with van der Waals surface area (Å²) in [5.74, 6) is 1.09. The largest absolute Gasteiger partial charge is 0.380 e. The Bertz CT molecular complexity index is 316. The summed E-state index contributed by atoms with van der Waals surface area (Å²) in [6, 6.07) is 4.45. The van der Waals surface area contributed by atoms with Gasteiger partial charge in [0.1, 0.15) is 5.82 Å². The zero-order valence-corrected chi connectivity index (χ0v) is 9.82. The van der Waals surface area contributed by atoms with Gasteiger partial charge in [-0.2, -0.15) is 0 Å². The second kappa shape index (κ2) is 5.16. The highest BCUT2D eigenvalue weighted by Crippen LogP contribution is 2.19. The van der Waals surface area contributed by atoms with Crippen LogP contribution in [0.15, 0.2) is 18.3 Å². The van der Waals surface area contributed by atoms with Gasteiger partial charge in [-0.05, 0) is 31.9 Å². The maximum Gasteiger partial charge on any atom is 0.128 e. The highest BCUT2D eigenvalue weighted by molar-refractivity contribution is 5.49. The number of anilines is 2. The predicted octanol–water partition coefficient (Wildman–Crippen LogP) is 1.44. The van der Waals surface area contributed by atoms with Crippen molar-refractivity contribution < 1.29 is 0 Å². The highest BCUT2D eigenvalue weighted by atomic mass is 15.2. The Kier molecular flexibility index (Phi) is 3.62. The standard InChI is InChI=1S/C12H20N4/c1-10(8-13)15-11-4-5-12(14-9-11)16-6-2-3-7-16/h4-5,9-10,15H,2-3,6-8,13H2,1H3. The van der Waals surface area contributed by atoms with Gasteiger partial charge in [0.05, 0.1) is 11.9 Å².